The van der Waals surface area contributed by atoms with Crippen molar-refractivity contribution < 1.29 is 0 Å². The molecule has 3 heteroatoms. The molecule has 86 valence electrons. The summed E-state index contributed by atoms with van der Waals surface area (Å²) in [5.41, 5.74) is 2.55. The predicted molar refractivity (Wildman–Crippen MR) is 79.8 cm³/mol. The van der Waals surface area contributed by atoms with Crippen LogP contribution >= 0.6 is 23.2 Å². The number of benzene rings is 2. The molecular weight excluding hydrogens is 300 g/mol. The van der Waals surface area contributed by atoms with E-state index in [2.05, 4.69) is 48.5 Å². The Labute approximate surface area is 118 Å². The van der Waals surface area contributed by atoms with Crippen LogP contribution in [0.15, 0.2) is 60.7 Å². The van der Waals surface area contributed by atoms with E-state index in [1.54, 1.807) is 0 Å². The van der Waals surface area contributed by atoms with E-state index in [1.807, 2.05) is 12.1 Å². The summed E-state index contributed by atoms with van der Waals surface area (Å²) in [5.74, 6) is 0. The summed E-state index contributed by atoms with van der Waals surface area (Å²) in [7, 11) is 0. The van der Waals surface area contributed by atoms with Crippen molar-refractivity contribution in [2.24, 2.45) is 0 Å². The second-order valence-corrected chi connectivity index (χ2v) is 3.64. The van der Waals surface area contributed by atoms with Crippen LogP contribution < -0.4 is 0 Å². The molecule has 0 radical (unpaired) electrons. The SMILES string of the molecule is ClCCl.[GeH4].c1ccc(-c2ccccc2)cc1. The van der Waals surface area contributed by atoms with Crippen molar-refractivity contribution in [1.29, 1.82) is 0 Å². The van der Waals surface area contributed by atoms with Gasteiger partial charge >= 0.3 is 17.6 Å². The summed E-state index contributed by atoms with van der Waals surface area (Å²) >= 11 is 9.53. The molecule has 0 heterocycles. The van der Waals surface area contributed by atoms with Gasteiger partial charge in [-0.05, 0) is 11.1 Å². The van der Waals surface area contributed by atoms with Gasteiger partial charge < -0.3 is 0 Å². The van der Waals surface area contributed by atoms with Crippen LogP contribution in [-0.4, -0.2) is 22.9 Å². The summed E-state index contributed by atoms with van der Waals surface area (Å²) in [5, 5.41) is 0.194. The van der Waals surface area contributed by atoms with Gasteiger partial charge in [-0.15, -0.1) is 23.2 Å². The summed E-state index contributed by atoms with van der Waals surface area (Å²) in [6.07, 6.45) is 0. The van der Waals surface area contributed by atoms with Gasteiger partial charge in [0.2, 0.25) is 0 Å². The van der Waals surface area contributed by atoms with Crippen LogP contribution in [0.25, 0.3) is 11.1 Å². The van der Waals surface area contributed by atoms with Gasteiger partial charge in [0.1, 0.15) is 0 Å². The average molecular weight is 316 g/mol. The molecule has 0 aliphatic rings. The topological polar surface area (TPSA) is 0 Å². The van der Waals surface area contributed by atoms with E-state index < -0.39 is 0 Å². The Balaban J connectivity index is 0.000000511. The molecule has 0 aliphatic heterocycles. The third-order valence-corrected chi connectivity index (χ3v) is 1.88. The molecule has 0 saturated heterocycles. The molecule has 0 saturated carbocycles. The second-order valence-electron chi connectivity index (χ2n) is 2.83. The standard InChI is InChI=1S/C12H10.CH2Cl2.GeH4/c1-3-7-11(8-4-1)12-9-5-2-6-10-12;2-1-3;/h1-10H;1H2;1H4. The molecule has 2 aromatic carbocycles. The number of hydrogen-bond donors (Lipinski definition) is 0. The van der Waals surface area contributed by atoms with Gasteiger partial charge in [0, 0.05) is 0 Å². The Morgan fingerprint density at radius 2 is 0.875 bits per heavy atom. The number of hydrogen-bond acceptors (Lipinski definition) is 0. The minimum absolute atomic E-state index is 0. The molecule has 0 N–H and O–H groups in total. The number of alkyl halides is 2. The average Bonchev–Trinajstić information content (AvgIpc) is 2.32. The third-order valence-electron chi connectivity index (χ3n) is 1.88. The summed E-state index contributed by atoms with van der Waals surface area (Å²) in [6, 6.07) is 20.8. The molecule has 0 amide bonds. The summed E-state index contributed by atoms with van der Waals surface area (Å²) < 4.78 is 0. The van der Waals surface area contributed by atoms with Gasteiger partial charge in [-0.1, -0.05) is 60.7 Å². The Hall–Kier alpha value is -0.437. The van der Waals surface area contributed by atoms with Crippen LogP contribution in [0.5, 0.6) is 0 Å². The van der Waals surface area contributed by atoms with Gasteiger partial charge in [0.05, 0.1) is 5.34 Å². The van der Waals surface area contributed by atoms with Crippen molar-refractivity contribution in [3.63, 3.8) is 0 Å². The number of halogens is 2. The molecule has 0 spiro atoms. The molecule has 2 aromatic rings. The van der Waals surface area contributed by atoms with Crippen molar-refractivity contribution in [2.45, 2.75) is 0 Å². The van der Waals surface area contributed by atoms with Crippen molar-refractivity contribution in [1.82, 2.24) is 0 Å². The van der Waals surface area contributed by atoms with Gasteiger partial charge in [-0.3, -0.25) is 0 Å². The zero-order chi connectivity index (χ0) is 10.9. The van der Waals surface area contributed by atoms with E-state index in [4.69, 9.17) is 23.2 Å². The number of rotatable bonds is 1. The van der Waals surface area contributed by atoms with Crippen LogP contribution in [0, 0.1) is 0 Å². The monoisotopic (exact) mass is 316 g/mol. The predicted octanol–water partition coefficient (Wildman–Crippen LogP) is 3.32. The molecule has 16 heavy (non-hydrogen) atoms. The minimum Gasteiger partial charge on any atom is -0.0622 e. The fourth-order valence-electron chi connectivity index (χ4n) is 1.26. The maximum absolute atomic E-state index is 4.76. The Bertz CT molecular complexity index is 325. The van der Waals surface area contributed by atoms with Crippen LogP contribution in [0.1, 0.15) is 0 Å². The van der Waals surface area contributed by atoms with Crippen LogP contribution in [0.2, 0.25) is 0 Å². The van der Waals surface area contributed by atoms with Crippen LogP contribution in [0.3, 0.4) is 0 Å². The van der Waals surface area contributed by atoms with Crippen molar-refractivity contribution >= 4 is 40.8 Å². The molecule has 0 unspecified atom stereocenters. The second kappa shape index (κ2) is 9.77. The van der Waals surface area contributed by atoms with Gasteiger partial charge in [-0.25, -0.2) is 0 Å². The van der Waals surface area contributed by atoms with Gasteiger partial charge in [0.15, 0.2) is 0 Å². The van der Waals surface area contributed by atoms with Gasteiger partial charge in [-0.2, -0.15) is 0 Å². The quantitative estimate of drug-likeness (QED) is 0.559. The Morgan fingerprint density at radius 1 is 0.625 bits per heavy atom. The van der Waals surface area contributed by atoms with E-state index in [-0.39, 0.29) is 22.9 Å². The molecule has 0 atom stereocenters. The first-order valence-corrected chi connectivity index (χ1v) is 5.67. The van der Waals surface area contributed by atoms with Crippen LogP contribution in [0.4, 0.5) is 0 Å². The summed E-state index contributed by atoms with van der Waals surface area (Å²) in [4.78, 5) is 0. The van der Waals surface area contributed by atoms with E-state index >= 15 is 0 Å². The first-order chi connectivity index (χ1) is 7.38. The first kappa shape index (κ1) is 15.6. The maximum atomic E-state index is 4.76. The van der Waals surface area contributed by atoms with E-state index in [1.165, 1.54) is 11.1 Å². The Kier molecular flexibility index (Phi) is 9.50. The first-order valence-electron chi connectivity index (χ1n) is 4.61. The van der Waals surface area contributed by atoms with Crippen molar-refractivity contribution in [3.8, 4) is 11.1 Å². The fraction of sp³-hybridized carbons (Fsp3) is 0.0769. The van der Waals surface area contributed by atoms with Crippen molar-refractivity contribution in [3.05, 3.63) is 60.7 Å². The van der Waals surface area contributed by atoms with Gasteiger partial charge in [0.25, 0.3) is 0 Å². The third kappa shape index (κ3) is 5.59. The zero-order valence-corrected chi connectivity index (χ0v) is 9.75. The maximum Gasteiger partial charge on any atom is -0.0184 e. The van der Waals surface area contributed by atoms with E-state index in [9.17, 15) is 0 Å². The zero-order valence-electron chi connectivity index (χ0n) is 8.24. The van der Waals surface area contributed by atoms with Crippen LogP contribution in [-0.2, 0) is 0 Å². The molecule has 0 aliphatic carbocycles. The smallest absolute Gasteiger partial charge is 0.0184 e. The van der Waals surface area contributed by atoms with E-state index in [0.717, 1.165) is 0 Å². The van der Waals surface area contributed by atoms with E-state index in [0.29, 0.717) is 0 Å². The normalized spacial score (nSPS) is 8.38. The molecule has 0 fully saturated rings. The molecule has 0 nitrogen and oxygen atoms in total. The molecule has 2 rings (SSSR count). The summed E-state index contributed by atoms with van der Waals surface area (Å²) in [6.45, 7) is 0. The Morgan fingerprint density at radius 3 is 1.12 bits per heavy atom. The largest absolute Gasteiger partial charge is 0.0622 e. The van der Waals surface area contributed by atoms with Crippen molar-refractivity contribution in [2.75, 3.05) is 5.34 Å². The molecule has 0 aromatic heterocycles. The fourth-order valence-corrected chi connectivity index (χ4v) is 1.26. The molecular formula is C13H16Cl2Ge. The minimum atomic E-state index is 0. The molecule has 0 bridgehead atoms.